The van der Waals surface area contributed by atoms with Gasteiger partial charge in [0.25, 0.3) is 0 Å². The van der Waals surface area contributed by atoms with E-state index in [0.29, 0.717) is 12.0 Å². The lowest BCUT2D eigenvalue weighted by Crippen LogP contribution is -2.28. The van der Waals surface area contributed by atoms with Crippen LogP contribution in [-0.2, 0) is 4.79 Å². The molecule has 0 saturated carbocycles. The van der Waals surface area contributed by atoms with Gasteiger partial charge in [0.1, 0.15) is 0 Å². The van der Waals surface area contributed by atoms with E-state index in [4.69, 9.17) is 0 Å². The summed E-state index contributed by atoms with van der Waals surface area (Å²) < 4.78 is 0. The summed E-state index contributed by atoms with van der Waals surface area (Å²) in [6, 6.07) is 0.317. The summed E-state index contributed by atoms with van der Waals surface area (Å²) in [5.41, 5.74) is 5.53. The first-order valence-corrected chi connectivity index (χ1v) is 10.1. The zero-order valence-electron chi connectivity index (χ0n) is 17.7. The minimum Gasteiger partial charge on any atom is -0.339 e. The first-order valence-electron chi connectivity index (χ1n) is 10.1. The third-order valence-corrected chi connectivity index (χ3v) is 5.19. The van der Waals surface area contributed by atoms with E-state index < -0.39 is 0 Å². The lowest BCUT2D eigenvalue weighted by atomic mass is 9.84. The molecule has 2 atom stereocenters. The number of hydrogen-bond acceptors (Lipinski definition) is 1. The van der Waals surface area contributed by atoms with Gasteiger partial charge in [-0.05, 0) is 52.0 Å². The van der Waals surface area contributed by atoms with Crippen molar-refractivity contribution >= 4 is 6.41 Å². The Morgan fingerprint density at radius 3 is 2.56 bits per heavy atom. The number of nitrogens with zero attached hydrogens (tertiary/aromatic N) is 1. The molecule has 1 aliphatic heterocycles. The topological polar surface area (TPSA) is 20.3 Å². The molecule has 27 heavy (non-hydrogen) atoms. The van der Waals surface area contributed by atoms with Crippen LogP contribution in [0.3, 0.4) is 0 Å². The van der Waals surface area contributed by atoms with Crippen molar-refractivity contribution < 1.29 is 4.79 Å². The average molecular weight is 368 g/mol. The van der Waals surface area contributed by atoms with Gasteiger partial charge in [-0.1, -0.05) is 79.7 Å². The second-order valence-corrected chi connectivity index (χ2v) is 7.61. The Kier molecular flexibility index (Phi) is 10.5. The first-order chi connectivity index (χ1) is 13.0. The predicted octanol–water partition coefficient (Wildman–Crippen LogP) is 6.55. The smallest absolute Gasteiger partial charge is 0.210 e. The van der Waals surface area contributed by atoms with Gasteiger partial charge in [-0.2, -0.15) is 0 Å². The highest BCUT2D eigenvalue weighted by atomic mass is 16.1. The molecule has 0 radical (unpaired) electrons. The van der Waals surface area contributed by atoms with Crippen LogP contribution in [0.4, 0.5) is 0 Å². The minimum absolute atomic E-state index is 0.317. The van der Waals surface area contributed by atoms with Crippen molar-refractivity contribution in [2.45, 2.75) is 65.8 Å². The molecule has 1 aliphatic carbocycles. The summed E-state index contributed by atoms with van der Waals surface area (Å²) in [7, 11) is 0. The number of likely N-dealkylation sites (tertiary alicyclic amines) is 1. The summed E-state index contributed by atoms with van der Waals surface area (Å²) in [4.78, 5) is 12.2. The number of amides is 1. The molecule has 0 aromatic rings. The van der Waals surface area contributed by atoms with Gasteiger partial charge in [-0.3, -0.25) is 4.79 Å². The van der Waals surface area contributed by atoms with Crippen molar-refractivity contribution in [3.05, 3.63) is 71.9 Å². The van der Waals surface area contributed by atoms with Crippen molar-refractivity contribution in [3.63, 3.8) is 0 Å². The van der Waals surface area contributed by atoms with Crippen molar-refractivity contribution in [2.24, 2.45) is 5.92 Å². The molecular formula is C25H37NO. The summed E-state index contributed by atoms with van der Waals surface area (Å²) in [5, 5.41) is 0. The largest absolute Gasteiger partial charge is 0.339 e. The molecule has 1 amide bonds. The third kappa shape index (κ3) is 7.21. The van der Waals surface area contributed by atoms with Crippen LogP contribution >= 0.6 is 0 Å². The molecule has 0 bridgehead atoms. The fourth-order valence-corrected chi connectivity index (χ4v) is 3.80. The molecule has 0 aromatic heterocycles. The number of carbonyl (C=O) groups excluding carboxylic acids is 1. The van der Waals surface area contributed by atoms with Crippen LogP contribution in [0, 0.1) is 5.92 Å². The van der Waals surface area contributed by atoms with Crippen LogP contribution < -0.4 is 0 Å². The minimum atomic E-state index is 0.317. The third-order valence-electron chi connectivity index (χ3n) is 5.19. The molecule has 0 N–H and O–H groups in total. The zero-order chi connectivity index (χ0) is 20.2. The molecule has 2 heteroatoms. The van der Waals surface area contributed by atoms with Crippen LogP contribution in [0.15, 0.2) is 71.9 Å². The second-order valence-electron chi connectivity index (χ2n) is 7.61. The van der Waals surface area contributed by atoms with Gasteiger partial charge < -0.3 is 4.90 Å². The number of allylic oxidation sites excluding steroid dienone is 9. The fraction of sp³-hybridized carbons (Fsp3) is 0.480. The van der Waals surface area contributed by atoms with Crippen LogP contribution in [0.5, 0.6) is 0 Å². The van der Waals surface area contributed by atoms with Gasteiger partial charge >= 0.3 is 0 Å². The Balaban J connectivity index is 0.000000309. The van der Waals surface area contributed by atoms with Gasteiger partial charge in [0, 0.05) is 12.5 Å². The molecule has 0 spiro atoms. The molecule has 2 rings (SSSR count). The molecule has 1 fully saturated rings. The standard InChI is InChI=1S/C17H24.C8H13NO/c1-5-7-13-16(14(3)4)17(10-6-2)15-11-8-9-12-15;1-7(2)8-4-3-5-9(8)6-10/h5,7-9,11,13,17H,1,6,10,12H2,2-4H3;6,8H,1,3-5H2,2H3/b13-7-;. The predicted molar refractivity (Wildman–Crippen MR) is 119 cm³/mol. The molecule has 0 aromatic carbocycles. The fourth-order valence-electron chi connectivity index (χ4n) is 3.80. The first kappa shape index (κ1) is 23.0. The van der Waals surface area contributed by atoms with Gasteiger partial charge in [0.05, 0.1) is 6.04 Å². The van der Waals surface area contributed by atoms with Crippen LogP contribution in [-0.4, -0.2) is 23.9 Å². The molecular weight excluding hydrogens is 330 g/mol. The van der Waals surface area contributed by atoms with E-state index in [-0.39, 0.29) is 0 Å². The normalized spacial score (nSPS) is 19.3. The summed E-state index contributed by atoms with van der Waals surface area (Å²) >= 11 is 0. The summed E-state index contributed by atoms with van der Waals surface area (Å²) in [6.07, 6.45) is 19.5. The highest BCUT2D eigenvalue weighted by Crippen LogP contribution is 2.33. The monoisotopic (exact) mass is 367 g/mol. The lowest BCUT2D eigenvalue weighted by molar-refractivity contribution is -0.118. The SMILES string of the molecule is C=C(C)C1CCCN1C=O.C=C/C=C\C(=C(C)C)C(CCC)C1=CC=CC1. The Hall–Kier alpha value is -2.09. The maximum Gasteiger partial charge on any atom is 0.210 e. The Morgan fingerprint density at radius 1 is 1.37 bits per heavy atom. The van der Waals surface area contributed by atoms with Gasteiger partial charge in [0.15, 0.2) is 0 Å². The number of rotatable bonds is 8. The maximum atomic E-state index is 10.4. The van der Waals surface area contributed by atoms with Crippen LogP contribution in [0.1, 0.15) is 59.8 Å². The molecule has 148 valence electrons. The molecule has 1 heterocycles. The van der Waals surface area contributed by atoms with Crippen molar-refractivity contribution in [2.75, 3.05) is 6.54 Å². The number of carbonyl (C=O) groups is 1. The molecule has 2 nitrogen and oxygen atoms in total. The van der Waals surface area contributed by atoms with Gasteiger partial charge in [-0.25, -0.2) is 0 Å². The van der Waals surface area contributed by atoms with E-state index in [9.17, 15) is 4.79 Å². The van der Waals surface area contributed by atoms with Gasteiger partial charge in [-0.15, -0.1) is 0 Å². The Labute approximate surface area is 166 Å². The Morgan fingerprint density at radius 2 is 2.11 bits per heavy atom. The molecule has 1 saturated heterocycles. The van der Waals surface area contributed by atoms with Crippen molar-refractivity contribution in [3.8, 4) is 0 Å². The highest BCUT2D eigenvalue weighted by molar-refractivity contribution is 5.49. The van der Waals surface area contributed by atoms with E-state index in [1.54, 1.807) is 5.57 Å². The Bertz CT molecular complexity index is 629. The summed E-state index contributed by atoms with van der Waals surface area (Å²) in [5.74, 6) is 0.580. The van der Waals surface area contributed by atoms with Gasteiger partial charge in [0.2, 0.25) is 6.41 Å². The summed E-state index contributed by atoms with van der Waals surface area (Å²) in [6.45, 7) is 17.1. The number of hydrogen-bond donors (Lipinski definition) is 0. The highest BCUT2D eigenvalue weighted by Gasteiger charge is 2.22. The maximum absolute atomic E-state index is 10.4. The quantitative estimate of drug-likeness (QED) is 0.270. The lowest BCUT2D eigenvalue weighted by Gasteiger charge is -2.21. The van der Waals surface area contributed by atoms with E-state index in [1.807, 2.05) is 24.0 Å². The second kappa shape index (κ2) is 12.3. The molecule has 2 unspecified atom stereocenters. The van der Waals surface area contributed by atoms with E-state index >= 15 is 0 Å². The molecule has 2 aliphatic rings. The van der Waals surface area contributed by atoms with Crippen LogP contribution in [0.25, 0.3) is 0 Å². The van der Waals surface area contributed by atoms with Crippen molar-refractivity contribution in [1.29, 1.82) is 0 Å². The van der Waals surface area contributed by atoms with Crippen LogP contribution in [0.2, 0.25) is 0 Å². The van der Waals surface area contributed by atoms with Crippen molar-refractivity contribution in [1.82, 2.24) is 4.90 Å². The zero-order valence-corrected chi connectivity index (χ0v) is 17.7. The average Bonchev–Trinajstić information content (AvgIpc) is 3.32. The van der Waals surface area contributed by atoms with E-state index in [2.05, 4.69) is 58.2 Å². The van der Waals surface area contributed by atoms with E-state index in [0.717, 1.165) is 37.8 Å². The van der Waals surface area contributed by atoms with E-state index in [1.165, 1.54) is 24.0 Å².